The van der Waals surface area contributed by atoms with E-state index in [2.05, 4.69) is 21.8 Å². The second kappa shape index (κ2) is 10.9. The van der Waals surface area contributed by atoms with Crippen LogP contribution >= 0.6 is 11.6 Å². The van der Waals surface area contributed by atoms with E-state index in [1.165, 1.54) is 12.1 Å². The van der Waals surface area contributed by atoms with Crippen LogP contribution in [0.25, 0.3) is 5.69 Å². The molecule has 0 spiro atoms. The monoisotopic (exact) mass is 487 g/mol. The summed E-state index contributed by atoms with van der Waals surface area (Å²) in [5.74, 6) is -0.171. The molecular formula is C27H23ClFN5O. The van der Waals surface area contributed by atoms with E-state index in [9.17, 15) is 14.4 Å². The summed E-state index contributed by atoms with van der Waals surface area (Å²) in [7, 11) is 0. The summed E-state index contributed by atoms with van der Waals surface area (Å²) in [6.07, 6.45) is 0.704. The molecule has 6 nitrogen and oxygen atoms in total. The van der Waals surface area contributed by atoms with Gasteiger partial charge < -0.3 is 10.6 Å². The maximum absolute atomic E-state index is 13.2. The Labute approximate surface area is 208 Å². The molecule has 0 aliphatic heterocycles. The van der Waals surface area contributed by atoms with Crippen LogP contribution in [0.3, 0.4) is 0 Å². The minimum absolute atomic E-state index is 0.0817. The van der Waals surface area contributed by atoms with E-state index >= 15 is 0 Å². The minimum Gasteiger partial charge on any atom is -0.385 e. The highest BCUT2D eigenvalue weighted by atomic mass is 35.5. The van der Waals surface area contributed by atoms with Crippen LogP contribution in [0.1, 0.15) is 33.6 Å². The van der Waals surface area contributed by atoms with Crippen LogP contribution in [0.15, 0.2) is 72.8 Å². The summed E-state index contributed by atoms with van der Waals surface area (Å²) in [5, 5.41) is 21.5. The fraction of sp³-hybridized carbons (Fsp3) is 0.148. The van der Waals surface area contributed by atoms with Gasteiger partial charge in [-0.3, -0.25) is 4.79 Å². The lowest BCUT2D eigenvalue weighted by Gasteiger charge is -2.11. The molecule has 0 unspecified atom stereocenters. The molecule has 4 rings (SSSR count). The zero-order chi connectivity index (χ0) is 24.8. The molecule has 0 bridgehead atoms. The summed E-state index contributed by atoms with van der Waals surface area (Å²) in [4.78, 5) is 13.2. The van der Waals surface area contributed by atoms with Crippen molar-refractivity contribution < 1.29 is 9.18 Å². The van der Waals surface area contributed by atoms with Crippen molar-refractivity contribution in [2.24, 2.45) is 0 Å². The molecule has 2 N–H and O–H groups in total. The quantitative estimate of drug-likeness (QED) is 0.224. The third kappa shape index (κ3) is 5.68. The van der Waals surface area contributed by atoms with Crippen molar-refractivity contribution in [1.29, 1.82) is 5.26 Å². The first-order valence-electron chi connectivity index (χ1n) is 11.1. The van der Waals surface area contributed by atoms with Gasteiger partial charge in [0.1, 0.15) is 23.3 Å². The van der Waals surface area contributed by atoms with Gasteiger partial charge in [0.2, 0.25) is 5.78 Å². The van der Waals surface area contributed by atoms with E-state index in [-0.39, 0.29) is 22.9 Å². The first-order chi connectivity index (χ1) is 17.0. The number of ketones is 1. The summed E-state index contributed by atoms with van der Waals surface area (Å²) in [6, 6.07) is 22.5. The average Bonchev–Trinajstić information content (AvgIpc) is 3.24. The third-order valence-electron chi connectivity index (χ3n) is 5.42. The van der Waals surface area contributed by atoms with Gasteiger partial charge in [-0.25, -0.2) is 9.07 Å². The molecular weight excluding hydrogens is 465 g/mol. The van der Waals surface area contributed by atoms with Crippen molar-refractivity contribution in [3.8, 4) is 11.8 Å². The van der Waals surface area contributed by atoms with E-state index in [1.807, 2.05) is 19.1 Å². The minimum atomic E-state index is -0.324. The molecule has 0 fully saturated rings. The Morgan fingerprint density at radius 2 is 1.66 bits per heavy atom. The van der Waals surface area contributed by atoms with Gasteiger partial charge in [-0.15, -0.1) is 0 Å². The van der Waals surface area contributed by atoms with Gasteiger partial charge in [0, 0.05) is 29.4 Å². The van der Waals surface area contributed by atoms with Gasteiger partial charge in [0.05, 0.1) is 5.69 Å². The summed E-state index contributed by atoms with van der Waals surface area (Å²) in [6.45, 7) is 3.09. The number of nitrogens with one attached hydrogen (secondary N) is 2. The molecule has 3 aromatic carbocycles. The molecule has 0 atom stereocenters. The normalized spacial score (nSPS) is 10.6. The fourth-order valence-electron chi connectivity index (χ4n) is 3.55. The van der Waals surface area contributed by atoms with Crippen LogP contribution < -0.4 is 10.6 Å². The molecule has 1 aromatic heterocycles. The van der Waals surface area contributed by atoms with Crippen molar-refractivity contribution >= 4 is 28.9 Å². The van der Waals surface area contributed by atoms with E-state index in [4.69, 9.17) is 11.6 Å². The molecule has 0 radical (unpaired) electrons. The highest BCUT2D eigenvalue weighted by Crippen LogP contribution is 2.26. The molecule has 0 aliphatic carbocycles. The van der Waals surface area contributed by atoms with Gasteiger partial charge in [-0.05, 0) is 61.9 Å². The molecule has 8 heteroatoms. The van der Waals surface area contributed by atoms with Crippen LogP contribution in [0.4, 0.5) is 15.9 Å². The molecule has 0 aliphatic rings. The second-order valence-electron chi connectivity index (χ2n) is 7.98. The summed E-state index contributed by atoms with van der Waals surface area (Å²) >= 11 is 6.04. The number of aromatic nitrogens is 2. The lowest BCUT2D eigenvalue weighted by Crippen LogP contribution is -2.12. The molecule has 4 aromatic rings. The number of carbonyl (C=O) groups is 1. The zero-order valence-corrected chi connectivity index (χ0v) is 19.8. The number of benzene rings is 3. The Morgan fingerprint density at radius 1 is 1.00 bits per heavy atom. The van der Waals surface area contributed by atoms with Crippen molar-refractivity contribution in [3.63, 3.8) is 0 Å². The molecule has 176 valence electrons. The molecule has 0 saturated heterocycles. The Balaban J connectivity index is 1.57. The Morgan fingerprint density at radius 3 is 2.31 bits per heavy atom. The van der Waals surface area contributed by atoms with Gasteiger partial charge in [-0.2, -0.15) is 10.4 Å². The standard InChI is InChI=1S/C27H23ClFN5O/c1-18-3-5-19(6-4-18)26(35)25-24(17-30)27(34(33-25)23-13-7-20(28)8-14-23)32-16-2-15-31-22-11-9-21(29)10-12-22/h3-14,31-32H,2,15-16H2,1H3. The predicted molar refractivity (Wildman–Crippen MR) is 136 cm³/mol. The first kappa shape index (κ1) is 24.0. The van der Waals surface area contributed by atoms with Gasteiger partial charge >= 0.3 is 0 Å². The number of rotatable bonds is 9. The predicted octanol–water partition coefficient (Wildman–Crippen LogP) is 5.99. The summed E-state index contributed by atoms with van der Waals surface area (Å²) < 4.78 is 14.6. The zero-order valence-electron chi connectivity index (χ0n) is 19.1. The molecule has 0 amide bonds. The van der Waals surface area contributed by atoms with E-state index < -0.39 is 0 Å². The lowest BCUT2D eigenvalue weighted by molar-refractivity contribution is 0.103. The molecule has 0 saturated carbocycles. The number of nitriles is 1. The van der Waals surface area contributed by atoms with E-state index in [0.717, 1.165) is 11.3 Å². The number of hydrogen-bond acceptors (Lipinski definition) is 5. The van der Waals surface area contributed by atoms with Crippen LogP contribution in [-0.4, -0.2) is 28.7 Å². The van der Waals surface area contributed by atoms with Crippen molar-refractivity contribution in [3.05, 3.63) is 106 Å². The second-order valence-corrected chi connectivity index (χ2v) is 8.42. The van der Waals surface area contributed by atoms with E-state index in [1.54, 1.807) is 53.2 Å². The first-order valence-corrected chi connectivity index (χ1v) is 11.5. The van der Waals surface area contributed by atoms with Gasteiger partial charge in [-0.1, -0.05) is 41.4 Å². The highest BCUT2D eigenvalue weighted by molar-refractivity contribution is 6.30. The number of hydrogen-bond donors (Lipinski definition) is 2. The SMILES string of the molecule is Cc1ccc(C(=O)c2nn(-c3ccc(Cl)cc3)c(NCCCNc3ccc(F)cc3)c2C#N)cc1. The third-order valence-corrected chi connectivity index (χ3v) is 5.67. The molecule has 35 heavy (non-hydrogen) atoms. The van der Waals surface area contributed by atoms with Crippen molar-refractivity contribution in [1.82, 2.24) is 9.78 Å². The maximum Gasteiger partial charge on any atom is 0.214 e. The van der Waals surface area contributed by atoms with Crippen LogP contribution in [-0.2, 0) is 0 Å². The largest absolute Gasteiger partial charge is 0.385 e. The van der Waals surface area contributed by atoms with Gasteiger partial charge in [0.15, 0.2) is 5.69 Å². The fourth-order valence-corrected chi connectivity index (χ4v) is 3.68. The number of nitrogens with zero attached hydrogens (tertiary/aromatic N) is 3. The molecule has 1 heterocycles. The number of halogens is 2. The van der Waals surface area contributed by atoms with Crippen molar-refractivity contribution in [2.75, 3.05) is 23.7 Å². The Bertz CT molecular complexity index is 1360. The number of aryl methyl sites for hydroxylation is 1. The lowest BCUT2D eigenvalue weighted by atomic mass is 10.0. The average molecular weight is 488 g/mol. The number of anilines is 2. The maximum atomic E-state index is 13.2. The summed E-state index contributed by atoms with van der Waals surface area (Å²) in [5.41, 5.74) is 3.24. The smallest absolute Gasteiger partial charge is 0.214 e. The van der Waals surface area contributed by atoms with Gasteiger partial charge in [0.25, 0.3) is 0 Å². The Kier molecular flexibility index (Phi) is 7.44. The van der Waals surface area contributed by atoms with Crippen LogP contribution in [0, 0.1) is 24.1 Å². The van der Waals surface area contributed by atoms with Crippen LogP contribution in [0.5, 0.6) is 0 Å². The van der Waals surface area contributed by atoms with Crippen molar-refractivity contribution in [2.45, 2.75) is 13.3 Å². The number of carbonyl (C=O) groups excluding carboxylic acids is 1. The topological polar surface area (TPSA) is 82.7 Å². The van der Waals surface area contributed by atoms with E-state index in [0.29, 0.717) is 41.6 Å². The van der Waals surface area contributed by atoms with Crippen LogP contribution in [0.2, 0.25) is 5.02 Å². The highest BCUT2D eigenvalue weighted by Gasteiger charge is 2.25. The Hall–Kier alpha value is -4.15.